The second-order valence-electron chi connectivity index (χ2n) is 7.00. The smallest absolute Gasteiger partial charge is 0.319 e. The standard InChI is InChI=1S/C19H21Cl2N3O4S/c1-24-10-16(15-8-13(20)9-18(21)17(15)11-24)12-3-2-4-14(7-12)23-19(25)22-5-6-29(26,27)28/h2-4,7-9,16H,5-6,10-11H2,1H3,(H2,22,23,25)(H,26,27,28). The number of nitrogens with zero attached hydrogens (tertiary/aromatic N) is 1. The van der Waals surface area contributed by atoms with Crippen molar-refractivity contribution < 1.29 is 17.8 Å². The number of hydrogen-bond acceptors (Lipinski definition) is 4. The van der Waals surface area contributed by atoms with E-state index in [9.17, 15) is 13.2 Å². The van der Waals surface area contributed by atoms with Gasteiger partial charge >= 0.3 is 6.03 Å². The first-order chi connectivity index (χ1) is 13.6. The molecule has 0 radical (unpaired) electrons. The van der Waals surface area contributed by atoms with E-state index in [0.29, 0.717) is 15.7 Å². The number of carbonyl (C=O) groups is 1. The molecule has 1 unspecified atom stereocenters. The van der Waals surface area contributed by atoms with Crippen LogP contribution in [0.5, 0.6) is 0 Å². The third kappa shape index (κ3) is 5.83. The van der Waals surface area contributed by atoms with Crippen molar-refractivity contribution in [3.8, 4) is 0 Å². The van der Waals surface area contributed by atoms with Gasteiger partial charge in [-0.2, -0.15) is 8.42 Å². The largest absolute Gasteiger partial charge is 0.337 e. The molecular formula is C19H21Cl2N3O4S. The van der Waals surface area contributed by atoms with Crippen LogP contribution in [-0.2, 0) is 16.7 Å². The normalized spacial score (nSPS) is 16.9. The van der Waals surface area contributed by atoms with Gasteiger partial charge < -0.3 is 15.5 Å². The molecule has 29 heavy (non-hydrogen) atoms. The number of halogens is 2. The highest BCUT2D eigenvalue weighted by atomic mass is 35.5. The number of nitrogens with one attached hydrogen (secondary N) is 2. The van der Waals surface area contributed by atoms with Crippen LogP contribution in [0, 0.1) is 0 Å². The molecule has 2 aromatic carbocycles. The van der Waals surface area contributed by atoms with E-state index in [4.69, 9.17) is 27.8 Å². The molecule has 2 amide bonds. The first-order valence-corrected chi connectivity index (χ1v) is 11.3. The van der Waals surface area contributed by atoms with Crippen molar-refractivity contribution in [2.24, 2.45) is 0 Å². The number of amides is 2. The Balaban J connectivity index is 1.79. The topological polar surface area (TPSA) is 98.7 Å². The molecule has 0 bridgehead atoms. The van der Waals surface area contributed by atoms with Crippen LogP contribution in [0.3, 0.4) is 0 Å². The Labute approximate surface area is 179 Å². The van der Waals surface area contributed by atoms with Crippen LogP contribution in [0.1, 0.15) is 22.6 Å². The van der Waals surface area contributed by atoms with Crippen molar-refractivity contribution in [1.29, 1.82) is 0 Å². The van der Waals surface area contributed by atoms with Gasteiger partial charge in [0.15, 0.2) is 0 Å². The van der Waals surface area contributed by atoms with Gasteiger partial charge in [0.2, 0.25) is 0 Å². The molecule has 3 rings (SSSR count). The molecule has 3 N–H and O–H groups in total. The van der Waals surface area contributed by atoms with Gasteiger partial charge in [-0.05, 0) is 48.0 Å². The summed E-state index contributed by atoms with van der Waals surface area (Å²) < 4.78 is 30.2. The van der Waals surface area contributed by atoms with Gasteiger partial charge in [-0.15, -0.1) is 0 Å². The van der Waals surface area contributed by atoms with Gasteiger partial charge in [-0.1, -0.05) is 35.3 Å². The molecule has 10 heteroatoms. The average Bonchev–Trinajstić information content (AvgIpc) is 2.61. The summed E-state index contributed by atoms with van der Waals surface area (Å²) in [5.74, 6) is -0.517. The maximum atomic E-state index is 12.0. The molecule has 0 spiro atoms. The monoisotopic (exact) mass is 457 g/mol. The predicted octanol–water partition coefficient (Wildman–Crippen LogP) is 3.58. The van der Waals surface area contributed by atoms with Crippen LogP contribution in [0.4, 0.5) is 10.5 Å². The third-order valence-corrected chi connectivity index (χ3v) is 5.96. The van der Waals surface area contributed by atoms with Crippen molar-refractivity contribution in [1.82, 2.24) is 10.2 Å². The second-order valence-corrected chi connectivity index (χ2v) is 9.41. The zero-order valence-electron chi connectivity index (χ0n) is 15.7. The van der Waals surface area contributed by atoms with Gasteiger partial charge in [0.05, 0.1) is 5.75 Å². The number of rotatable bonds is 5. The van der Waals surface area contributed by atoms with E-state index in [1.807, 2.05) is 31.3 Å². The Kier molecular flexibility index (Phi) is 6.70. The highest BCUT2D eigenvalue weighted by Crippen LogP contribution is 2.38. The molecule has 0 saturated heterocycles. The molecule has 7 nitrogen and oxygen atoms in total. The van der Waals surface area contributed by atoms with Crippen LogP contribution in [0.15, 0.2) is 36.4 Å². The molecule has 2 aromatic rings. The van der Waals surface area contributed by atoms with E-state index in [1.165, 1.54) is 0 Å². The molecule has 0 aliphatic carbocycles. The van der Waals surface area contributed by atoms with Crippen LogP contribution in [0.25, 0.3) is 0 Å². The lowest BCUT2D eigenvalue weighted by atomic mass is 9.84. The lowest BCUT2D eigenvalue weighted by molar-refractivity contribution is 0.252. The Morgan fingerprint density at radius 1 is 1.28 bits per heavy atom. The van der Waals surface area contributed by atoms with Crippen molar-refractivity contribution in [2.75, 3.05) is 31.2 Å². The maximum absolute atomic E-state index is 12.0. The summed E-state index contributed by atoms with van der Waals surface area (Å²) in [4.78, 5) is 14.2. The van der Waals surface area contributed by atoms with Crippen LogP contribution < -0.4 is 10.6 Å². The predicted molar refractivity (Wildman–Crippen MR) is 115 cm³/mol. The molecule has 1 aliphatic rings. The lowest BCUT2D eigenvalue weighted by Gasteiger charge is -2.33. The molecule has 1 heterocycles. The van der Waals surface area contributed by atoms with Crippen molar-refractivity contribution in [2.45, 2.75) is 12.5 Å². The Bertz CT molecular complexity index is 1030. The molecule has 156 valence electrons. The molecule has 0 fully saturated rings. The number of hydrogen-bond donors (Lipinski definition) is 3. The number of urea groups is 1. The second kappa shape index (κ2) is 8.89. The zero-order valence-corrected chi connectivity index (χ0v) is 18.0. The van der Waals surface area contributed by atoms with Crippen molar-refractivity contribution in [3.63, 3.8) is 0 Å². The summed E-state index contributed by atoms with van der Waals surface area (Å²) in [5.41, 5.74) is 3.66. The minimum absolute atomic E-state index is 0.0318. The summed E-state index contributed by atoms with van der Waals surface area (Å²) >= 11 is 12.6. The van der Waals surface area contributed by atoms with Gasteiger partial charge in [0.25, 0.3) is 10.1 Å². The fraction of sp³-hybridized carbons (Fsp3) is 0.316. The number of anilines is 1. The molecule has 1 atom stereocenters. The summed E-state index contributed by atoms with van der Waals surface area (Å²) in [6.45, 7) is 1.31. The third-order valence-electron chi connectivity index (χ3n) is 4.68. The van der Waals surface area contributed by atoms with Gasteiger partial charge in [-0.3, -0.25) is 4.55 Å². The van der Waals surface area contributed by atoms with Gasteiger partial charge in [0.1, 0.15) is 0 Å². The summed E-state index contributed by atoms with van der Waals surface area (Å²) in [7, 11) is -2.10. The zero-order chi connectivity index (χ0) is 21.2. The SMILES string of the molecule is CN1Cc2c(Cl)cc(Cl)cc2C(c2cccc(NC(=O)NCCS(=O)(=O)O)c2)C1. The fourth-order valence-electron chi connectivity index (χ4n) is 3.43. The molecule has 1 aliphatic heterocycles. The Morgan fingerprint density at radius 2 is 2.03 bits per heavy atom. The van der Waals surface area contributed by atoms with Gasteiger partial charge in [0, 0.05) is 41.3 Å². The van der Waals surface area contributed by atoms with Gasteiger partial charge in [-0.25, -0.2) is 4.79 Å². The van der Waals surface area contributed by atoms with Crippen molar-refractivity contribution >= 4 is 45.0 Å². The van der Waals surface area contributed by atoms with E-state index in [1.54, 1.807) is 12.1 Å². The minimum atomic E-state index is -4.12. The van der Waals surface area contributed by atoms with E-state index in [0.717, 1.165) is 29.8 Å². The fourth-order valence-corrected chi connectivity index (χ4v) is 4.36. The van der Waals surface area contributed by atoms with E-state index in [-0.39, 0.29) is 12.5 Å². The minimum Gasteiger partial charge on any atom is -0.337 e. The summed E-state index contributed by atoms with van der Waals surface area (Å²) in [6.07, 6.45) is 0. The molecular weight excluding hydrogens is 437 g/mol. The summed E-state index contributed by atoms with van der Waals surface area (Å²) in [5, 5.41) is 6.28. The number of benzene rings is 2. The Morgan fingerprint density at radius 3 is 2.76 bits per heavy atom. The average molecular weight is 458 g/mol. The summed E-state index contributed by atoms with van der Waals surface area (Å²) in [6, 6.07) is 10.5. The van der Waals surface area contributed by atoms with E-state index >= 15 is 0 Å². The lowest BCUT2D eigenvalue weighted by Crippen LogP contribution is -2.33. The molecule has 0 aromatic heterocycles. The molecule has 0 saturated carbocycles. The Hall–Kier alpha value is -1.84. The highest BCUT2D eigenvalue weighted by Gasteiger charge is 2.27. The first-order valence-electron chi connectivity index (χ1n) is 8.89. The quantitative estimate of drug-likeness (QED) is 0.595. The van der Waals surface area contributed by atoms with Crippen LogP contribution >= 0.6 is 23.2 Å². The maximum Gasteiger partial charge on any atom is 0.319 e. The van der Waals surface area contributed by atoms with Crippen LogP contribution in [-0.4, -0.2) is 49.8 Å². The van der Waals surface area contributed by atoms with Crippen molar-refractivity contribution in [3.05, 3.63) is 63.1 Å². The first kappa shape index (κ1) is 21.9. The van der Waals surface area contributed by atoms with E-state index in [2.05, 4.69) is 15.5 Å². The van der Waals surface area contributed by atoms with E-state index < -0.39 is 21.9 Å². The van der Waals surface area contributed by atoms with Crippen LogP contribution in [0.2, 0.25) is 10.0 Å². The number of fused-ring (bicyclic) bond motifs is 1. The number of likely N-dealkylation sites (N-methyl/N-ethyl adjacent to an activating group) is 1. The number of carbonyl (C=O) groups excluding carboxylic acids is 1. The highest BCUT2D eigenvalue weighted by molar-refractivity contribution is 7.85.